The minimum absolute atomic E-state index is 0.294. The van der Waals surface area contributed by atoms with Gasteiger partial charge in [0.25, 0.3) is 0 Å². The molecule has 2 amide bonds. The third kappa shape index (κ3) is 4.23. The van der Waals surface area contributed by atoms with E-state index in [0.29, 0.717) is 29.4 Å². The Hall–Kier alpha value is -2.70. The molecule has 1 aromatic rings. The molecule has 1 fully saturated rings. The van der Waals surface area contributed by atoms with Crippen molar-refractivity contribution in [3.63, 3.8) is 0 Å². The van der Waals surface area contributed by atoms with E-state index < -0.39 is 24.0 Å². The molecule has 1 aromatic carbocycles. The van der Waals surface area contributed by atoms with Crippen LogP contribution in [-0.2, 0) is 9.53 Å². The van der Waals surface area contributed by atoms with Crippen LogP contribution in [0, 0.1) is 5.92 Å². The molecule has 1 aliphatic heterocycles. The van der Waals surface area contributed by atoms with E-state index in [9.17, 15) is 9.59 Å². The topological polar surface area (TPSA) is 85.9 Å². The van der Waals surface area contributed by atoms with Crippen LogP contribution in [0.3, 0.4) is 0 Å². The minimum Gasteiger partial charge on any atom is -0.493 e. The fraction of sp³-hybridized carbons (Fsp3) is 0.444. The van der Waals surface area contributed by atoms with Gasteiger partial charge in [-0.3, -0.25) is 4.79 Å². The number of rotatable bonds is 7. The van der Waals surface area contributed by atoms with Gasteiger partial charge in [0.1, 0.15) is 5.92 Å². The highest BCUT2D eigenvalue weighted by Crippen LogP contribution is 2.35. The first-order chi connectivity index (χ1) is 12.0. The van der Waals surface area contributed by atoms with Crippen LogP contribution in [0.2, 0.25) is 0 Å². The van der Waals surface area contributed by atoms with Crippen LogP contribution in [0.25, 0.3) is 0 Å². The second-order valence-electron chi connectivity index (χ2n) is 5.71. The molecule has 0 spiro atoms. The Morgan fingerprint density at radius 3 is 2.68 bits per heavy atom. The fourth-order valence-corrected chi connectivity index (χ4v) is 2.69. The van der Waals surface area contributed by atoms with E-state index in [4.69, 9.17) is 14.2 Å². The van der Waals surface area contributed by atoms with Gasteiger partial charge < -0.3 is 24.8 Å². The van der Waals surface area contributed by atoms with Gasteiger partial charge in [-0.05, 0) is 24.1 Å². The molecule has 25 heavy (non-hydrogen) atoms. The number of amides is 2. The average Bonchev–Trinajstić information content (AvgIpc) is 2.60. The standard InChI is InChI=1S/C18H24N2O5/c1-5-6-9-25-13-8-7-12(10-14(13)23-3)16-15(17(21)24-4)11(2)19-18(22)20-16/h7-8,10,15-16H,2,5-6,9H2,1,3-4H3,(H2,19,20,22)/t15-,16+/m0/s1. The summed E-state index contributed by atoms with van der Waals surface area (Å²) < 4.78 is 16.0. The SMILES string of the molecule is C=C1NC(=O)N[C@H](c2ccc(OCCCC)c(OC)c2)[C@H]1C(=O)OC. The van der Waals surface area contributed by atoms with Crippen molar-refractivity contribution >= 4 is 12.0 Å². The molecule has 2 atom stereocenters. The largest absolute Gasteiger partial charge is 0.493 e. The Morgan fingerprint density at radius 2 is 2.04 bits per heavy atom. The number of carbonyl (C=O) groups is 2. The van der Waals surface area contributed by atoms with E-state index in [2.05, 4.69) is 24.1 Å². The second kappa shape index (κ2) is 8.41. The number of nitrogens with one attached hydrogen (secondary N) is 2. The van der Waals surface area contributed by atoms with Gasteiger partial charge in [-0.25, -0.2) is 4.79 Å². The lowest BCUT2D eigenvalue weighted by molar-refractivity contribution is -0.145. The summed E-state index contributed by atoms with van der Waals surface area (Å²) in [7, 11) is 2.85. The Bertz CT molecular complexity index is 659. The van der Waals surface area contributed by atoms with Gasteiger partial charge in [-0.15, -0.1) is 0 Å². The van der Waals surface area contributed by atoms with Gasteiger partial charge in [-0.2, -0.15) is 0 Å². The maximum absolute atomic E-state index is 12.1. The first-order valence-corrected chi connectivity index (χ1v) is 8.16. The first kappa shape index (κ1) is 18.6. The van der Waals surface area contributed by atoms with Crippen LogP contribution in [-0.4, -0.2) is 32.8 Å². The lowest BCUT2D eigenvalue weighted by Crippen LogP contribution is -2.51. The maximum atomic E-state index is 12.1. The van der Waals surface area contributed by atoms with Crippen molar-refractivity contribution in [3.05, 3.63) is 36.0 Å². The predicted molar refractivity (Wildman–Crippen MR) is 92.5 cm³/mol. The van der Waals surface area contributed by atoms with E-state index in [1.54, 1.807) is 25.3 Å². The van der Waals surface area contributed by atoms with Crippen LogP contribution in [0.1, 0.15) is 31.4 Å². The Morgan fingerprint density at radius 1 is 1.28 bits per heavy atom. The Labute approximate surface area is 147 Å². The molecule has 0 aromatic heterocycles. The van der Waals surface area contributed by atoms with Gasteiger partial charge in [-0.1, -0.05) is 26.0 Å². The van der Waals surface area contributed by atoms with Crippen LogP contribution in [0.5, 0.6) is 11.5 Å². The Kier molecular flexibility index (Phi) is 6.27. The molecule has 0 saturated carbocycles. The number of ether oxygens (including phenoxy) is 3. The summed E-state index contributed by atoms with van der Waals surface area (Å²) in [4.78, 5) is 24.0. The van der Waals surface area contributed by atoms with Gasteiger partial charge in [0.2, 0.25) is 0 Å². The average molecular weight is 348 g/mol. The van der Waals surface area contributed by atoms with Crippen molar-refractivity contribution in [2.45, 2.75) is 25.8 Å². The van der Waals surface area contributed by atoms with Gasteiger partial charge >= 0.3 is 12.0 Å². The van der Waals surface area contributed by atoms with Gasteiger partial charge in [0, 0.05) is 5.70 Å². The smallest absolute Gasteiger partial charge is 0.319 e. The Balaban J connectivity index is 2.32. The number of carbonyl (C=O) groups excluding carboxylic acids is 2. The highest BCUT2D eigenvalue weighted by Gasteiger charge is 2.38. The summed E-state index contributed by atoms with van der Waals surface area (Å²) in [5.41, 5.74) is 0.994. The zero-order valence-corrected chi connectivity index (χ0v) is 14.8. The van der Waals surface area contributed by atoms with Crippen LogP contribution >= 0.6 is 0 Å². The molecule has 2 N–H and O–H groups in total. The molecule has 1 heterocycles. The molecule has 7 nitrogen and oxygen atoms in total. The van der Waals surface area contributed by atoms with Crippen molar-refractivity contribution in [3.8, 4) is 11.5 Å². The maximum Gasteiger partial charge on any atom is 0.319 e. The van der Waals surface area contributed by atoms with Crippen LogP contribution in [0.15, 0.2) is 30.5 Å². The number of methoxy groups -OCH3 is 2. The summed E-state index contributed by atoms with van der Waals surface area (Å²) in [6, 6.07) is 4.30. The molecule has 1 saturated heterocycles. The number of unbranched alkanes of at least 4 members (excludes halogenated alkanes) is 1. The zero-order valence-electron chi connectivity index (χ0n) is 14.8. The number of benzene rings is 1. The monoisotopic (exact) mass is 348 g/mol. The lowest BCUT2D eigenvalue weighted by atomic mass is 9.89. The number of hydrogen-bond acceptors (Lipinski definition) is 5. The molecule has 0 radical (unpaired) electrons. The predicted octanol–water partition coefficient (Wildman–Crippen LogP) is 2.53. The molecule has 136 valence electrons. The number of hydrogen-bond donors (Lipinski definition) is 2. The van der Waals surface area contributed by atoms with E-state index in [0.717, 1.165) is 12.8 Å². The normalized spacial score (nSPS) is 19.6. The van der Waals surface area contributed by atoms with E-state index in [1.165, 1.54) is 7.11 Å². The van der Waals surface area contributed by atoms with Crippen molar-refractivity contribution < 1.29 is 23.8 Å². The lowest BCUT2D eigenvalue weighted by Gasteiger charge is -2.33. The number of esters is 1. The summed E-state index contributed by atoms with van der Waals surface area (Å²) in [6.45, 7) is 6.45. The molecule has 1 aliphatic rings. The van der Waals surface area contributed by atoms with Gasteiger partial charge in [0.15, 0.2) is 11.5 Å². The molecule has 7 heteroatoms. The minimum atomic E-state index is -0.737. The summed E-state index contributed by atoms with van der Waals surface area (Å²) in [6.07, 6.45) is 1.98. The fourth-order valence-electron chi connectivity index (χ4n) is 2.69. The third-order valence-corrected chi connectivity index (χ3v) is 4.03. The van der Waals surface area contributed by atoms with Crippen molar-refractivity contribution in [1.29, 1.82) is 0 Å². The van der Waals surface area contributed by atoms with Crippen LogP contribution < -0.4 is 20.1 Å². The molecule has 0 bridgehead atoms. The third-order valence-electron chi connectivity index (χ3n) is 4.03. The van der Waals surface area contributed by atoms with Crippen molar-refractivity contribution in [2.75, 3.05) is 20.8 Å². The first-order valence-electron chi connectivity index (χ1n) is 8.16. The quantitative estimate of drug-likeness (QED) is 0.584. The molecular formula is C18H24N2O5. The molecule has 2 rings (SSSR count). The highest BCUT2D eigenvalue weighted by atomic mass is 16.5. The molecule has 0 unspecified atom stereocenters. The zero-order chi connectivity index (χ0) is 18.4. The van der Waals surface area contributed by atoms with Gasteiger partial charge in [0.05, 0.1) is 26.9 Å². The second-order valence-corrected chi connectivity index (χ2v) is 5.71. The van der Waals surface area contributed by atoms with Crippen LogP contribution in [0.4, 0.5) is 4.79 Å². The number of urea groups is 1. The molecular weight excluding hydrogens is 324 g/mol. The summed E-state index contributed by atoms with van der Waals surface area (Å²) in [5.74, 6) is -0.0620. The summed E-state index contributed by atoms with van der Waals surface area (Å²) in [5, 5.41) is 5.26. The van der Waals surface area contributed by atoms with Crippen molar-refractivity contribution in [1.82, 2.24) is 10.6 Å². The van der Waals surface area contributed by atoms with E-state index in [1.807, 2.05) is 0 Å². The van der Waals surface area contributed by atoms with Crippen molar-refractivity contribution in [2.24, 2.45) is 5.92 Å². The highest BCUT2D eigenvalue weighted by molar-refractivity contribution is 5.85. The summed E-state index contributed by atoms with van der Waals surface area (Å²) >= 11 is 0. The molecule has 0 aliphatic carbocycles. The van der Waals surface area contributed by atoms with E-state index in [-0.39, 0.29) is 0 Å². The van der Waals surface area contributed by atoms with E-state index >= 15 is 0 Å².